The lowest BCUT2D eigenvalue weighted by Gasteiger charge is -2.10. The number of carbonyl (C=O) groups is 1. The second kappa shape index (κ2) is 6.23. The Hall–Kier alpha value is -3.27. The van der Waals surface area contributed by atoms with Crippen LogP contribution in [0.5, 0.6) is 11.5 Å². The molecule has 0 aliphatic rings. The molecule has 0 unspecified atom stereocenters. The van der Waals surface area contributed by atoms with Gasteiger partial charge in [-0.25, -0.2) is 0 Å². The number of para-hydroxylation sites is 2. The fraction of sp³-hybridized carbons (Fsp3) is 0.136. The molecule has 0 aliphatic carbocycles. The maximum absolute atomic E-state index is 13.2. The Morgan fingerprint density at radius 3 is 2.35 bits per heavy atom. The van der Waals surface area contributed by atoms with Gasteiger partial charge in [0, 0.05) is 34.5 Å². The Morgan fingerprint density at radius 2 is 1.58 bits per heavy atom. The zero-order chi connectivity index (χ0) is 18.3. The van der Waals surface area contributed by atoms with Gasteiger partial charge in [-0.1, -0.05) is 30.3 Å². The monoisotopic (exact) mass is 345 g/mol. The van der Waals surface area contributed by atoms with Crippen LogP contribution in [0.4, 0.5) is 0 Å². The van der Waals surface area contributed by atoms with Crippen molar-refractivity contribution < 1.29 is 14.3 Å². The van der Waals surface area contributed by atoms with Crippen LogP contribution in [0.2, 0.25) is 0 Å². The highest BCUT2D eigenvalue weighted by Crippen LogP contribution is 2.33. The highest BCUT2D eigenvalue weighted by molar-refractivity contribution is 6.20. The van der Waals surface area contributed by atoms with Crippen LogP contribution in [-0.2, 0) is 7.05 Å². The molecule has 0 N–H and O–H groups in total. The van der Waals surface area contributed by atoms with Crippen LogP contribution < -0.4 is 9.47 Å². The molecular weight excluding hydrogens is 326 g/mol. The van der Waals surface area contributed by atoms with Crippen LogP contribution in [-0.4, -0.2) is 24.6 Å². The van der Waals surface area contributed by atoms with E-state index in [9.17, 15) is 4.79 Å². The van der Waals surface area contributed by atoms with Gasteiger partial charge in [-0.05, 0) is 30.3 Å². The minimum Gasteiger partial charge on any atom is -0.493 e. The number of hydrogen-bond acceptors (Lipinski definition) is 3. The maximum atomic E-state index is 13.2. The summed E-state index contributed by atoms with van der Waals surface area (Å²) >= 11 is 0. The average Bonchev–Trinajstić information content (AvgIpc) is 3.00. The van der Waals surface area contributed by atoms with Gasteiger partial charge < -0.3 is 14.0 Å². The van der Waals surface area contributed by atoms with Crippen molar-refractivity contribution in [3.8, 4) is 11.5 Å². The van der Waals surface area contributed by atoms with E-state index >= 15 is 0 Å². The Kier molecular flexibility index (Phi) is 3.88. The lowest BCUT2D eigenvalue weighted by atomic mass is 10.00. The first kappa shape index (κ1) is 16.2. The second-order valence-corrected chi connectivity index (χ2v) is 6.18. The van der Waals surface area contributed by atoms with Gasteiger partial charge >= 0.3 is 0 Å². The number of aryl methyl sites for hydroxylation is 1. The van der Waals surface area contributed by atoms with Gasteiger partial charge in [0.15, 0.2) is 17.3 Å². The fourth-order valence-corrected chi connectivity index (χ4v) is 3.55. The SMILES string of the molecule is COc1ccc(C(=O)c2cccc3c4ccccc4n(C)c23)cc1OC. The molecule has 0 radical (unpaired) electrons. The summed E-state index contributed by atoms with van der Waals surface area (Å²) in [4.78, 5) is 13.2. The smallest absolute Gasteiger partial charge is 0.195 e. The van der Waals surface area contributed by atoms with E-state index in [2.05, 4.69) is 22.8 Å². The molecule has 4 rings (SSSR count). The topological polar surface area (TPSA) is 40.5 Å². The molecule has 1 aromatic heterocycles. The Labute approximate surface area is 151 Å². The summed E-state index contributed by atoms with van der Waals surface area (Å²) in [5, 5.41) is 2.22. The van der Waals surface area contributed by atoms with Gasteiger partial charge in [0.25, 0.3) is 0 Å². The zero-order valence-electron chi connectivity index (χ0n) is 14.9. The van der Waals surface area contributed by atoms with E-state index in [1.165, 1.54) is 0 Å². The number of ketones is 1. The molecule has 0 saturated carbocycles. The van der Waals surface area contributed by atoms with Crippen molar-refractivity contribution in [1.82, 2.24) is 4.57 Å². The molecule has 4 aromatic rings. The Balaban J connectivity index is 1.93. The van der Waals surface area contributed by atoms with E-state index in [4.69, 9.17) is 9.47 Å². The predicted octanol–water partition coefficient (Wildman–Crippen LogP) is 4.58. The molecule has 0 bridgehead atoms. The van der Waals surface area contributed by atoms with Crippen LogP contribution >= 0.6 is 0 Å². The lowest BCUT2D eigenvalue weighted by molar-refractivity contribution is 0.103. The van der Waals surface area contributed by atoms with Crippen molar-refractivity contribution in [2.75, 3.05) is 14.2 Å². The molecule has 0 aliphatic heterocycles. The molecule has 1 heterocycles. The first-order chi connectivity index (χ1) is 12.7. The summed E-state index contributed by atoms with van der Waals surface area (Å²) in [6.07, 6.45) is 0. The number of ether oxygens (including phenoxy) is 2. The normalized spacial score (nSPS) is 11.0. The summed E-state index contributed by atoms with van der Waals surface area (Å²) in [5.74, 6) is 1.11. The maximum Gasteiger partial charge on any atom is 0.195 e. The Morgan fingerprint density at radius 1 is 0.846 bits per heavy atom. The van der Waals surface area contributed by atoms with Gasteiger partial charge in [-0.3, -0.25) is 4.79 Å². The van der Waals surface area contributed by atoms with E-state index in [0.717, 1.165) is 21.8 Å². The van der Waals surface area contributed by atoms with Gasteiger partial charge in [0.1, 0.15) is 0 Å². The minimum absolute atomic E-state index is 0.0394. The van der Waals surface area contributed by atoms with Crippen LogP contribution in [0.3, 0.4) is 0 Å². The van der Waals surface area contributed by atoms with Crippen molar-refractivity contribution in [1.29, 1.82) is 0 Å². The van der Waals surface area contributed by atoms with Gasteiger partial charge in [0.05, 0.1) is 19.7 Å². The molecule has 0 fully saturated rings. The number of carbonyl (C=O) groups excluding carboxylic acids is 1. The third-order valence-electron chi connectivity index (χ3n) is 4.82. The van der Waals surface area contributed by atoms with Gasteiger partial charge in [-0.2, -0.15) is 0 Å². The first-order valence-corrected chi connectivity index (χ1v) is 8.38. The molecule has 130 valence electrons. The fourth-order valence-electron chi connectivity index (χ4n) is 3.55. The summed E-state index contributed by atoms with van der Waals surface area (Å²) in [5.41, 5.74) is 3.29. The number of aromatic nitrogens is 1. The van der Waals surface area contributed by atoms with Gasteiger partial charge in [-0.15, -0.1) is 0 Å². The largest absolute Gasteiger partial charge is 0.493 e. The number of benzene rings is 3. The van der Waals surface area contributed by atoms with E-state index in [-0.39, 0.29) is 5.78 Å². The van der Waals surface area contributed by atoms with Crippen molar-refractivity contribution in [2.45, 2.75) is 0 Å². The number of nitrogens with zero attached hydrogens (tertiary/aromatic N) is 1. The first-order valence-electron chi connectivity index (χ1n) is 8.38. The van der Waals surface area contributed by atoms with Crippen LogP contribution in [0.1, 0.15) is 15.9 Å². The molecule has 4 heteroatoms. The summed E-state index contributed by atoms with van der Waals surface area (Å²) < 4.78 is 12.7. The standard InChI is InChI=1S/C22H19NO3/c1-23-18-10-5-4-7-15(18)16-8-6-9-17(21(16)23)22(24)14-11-12-19(25-2)20(13-14)26-3/h4-13H,1-3H3. The number of methoxy groups -OCH3 is 2. The van der Waals surface area contributed by atoms with Crippen molar-refractivity contribution in [2.24, 2.45) is 7.05 Å². The minimum atomic E-state index is -0.0394. The van der Waals surface area contributed by atoms with Crippen LogP contribution in [0.15, 0.2) is 60.7 Å². The summed E-state index contributed by atoms with van der Waals surface area (Å²) in [7, 11) is 5.14. The van der Waals surface area contributed by atoms with Crippen molar-refractivity contribution >= 4 is 27.6 Å². The van der Waals surface area contributed by atoms with E-state index < -0.39 is 0 Å². The molecule has 0 atom stereocenters. The van der Waals surface area contributed by atoms with E-state index in [0.29, 0.717) is 22.6 Å². The van der Waals surface area contributed by atoms with E-state index in [1.807, 2.05) is 31.3 Å². The third kappa shape index (κ3) is 2.34. The molecular formula is C22H19NO3. The summed E-state index contributed by atoms with van der Waals surface area (Å²) in [6.45, 7) is 0. The van der Waals surface area contributed by atoms with Crippen LogP contribution in [0.25, 0.3) is 21.8 Å². The third-order valence-corrected chi connectivity index (χ3v) is 4.82. The molecule has 0 saturated heterocycles. The average molecular weight is 345 g/mol. The van der Waals surface area contributed by atoms with Gasteiger partial charge in [0.2, 0.25) is 0 Å². The van der Waals surface area contributed by atoms with Crippen molar-refractivity contribution in [3.63, 3.8) is 0 Å². The van der Waals surface area contributed by atoms with E-state index in [1.54, 1.807) is 32.4 Å². The lowest BCUT2D eigenvalue weighted by Crippen LogP contribution is -2.05. The number of fused-ring (bicyclic) bond motifs is 3. The molecule has 0 spiro atoms. The quantitative estimate of drug-likeness (QED) is 0.508. The molecule has 0 amide bonds. The predicted molar refractivity (Wildman–Crippen MR) is 103 cm³/mol. The molecule has 26 heavy (non-hydrogen) atoms. The zero-order valence-corrected chi connectivity index (χ0v) is 14.9. The Bertz CT molecular complexity index is 1140. The highest BCUT2D eigenvalue weighted by atomic mass is 16.5. The molecule has 4 nitrogen and oxygen atoms in total. The number of hydrogen-bond donors (Lipinski definition) is 0. The second-order valence-electron chi connectivity index (χ2n) is 6.18. The van der Waals surface area contributed by atoms with Crippen molar-refractivity contribution in [3.05, 3.63) is 71.8 Å². The highest BCUT2D eigenvalue weighted by Gasteiger charge is 2.18. The summed E-state index contributed by atoms with van der Waals surface area (Å²) in [6, 6.07) is 19.3. The number of rotatable bonds is 4. The molecule has 3 aromatic carbocycles. The van der Waals surface area contributed by atoms with Crippen LogP contribution in [0, 0.1) is 0 Å².